The highest BCUT2D eigenvalue weighted by molar-refractivity contribution is 14.1. The van der Waals surface area contributed by atoms with E-state index in [0.717, 1.165) is 0 Å². The molecule has 0 heterocycles. The predicted molar refractivity (Wildman–Crippen MR) is 48.9 cm³/mol. The van der Waals surface area contributed by atoms with Crippen molar-refractivity contribution >= 4 is 35.2 Å². The van der Waals surface area contributed by atoms with E-state index in [1.54, 1.807) is 6.07 Å². The van der Waals surface area contributed by atoms with E-state index in [2.05, 4.69) is 0 Å². The molecule has 0 fully saturated rings. The minimum atomic E-state index is -1.73. The van der Waals surface area contributed by atoms with Crippen LogP contribution >= 0.6 is 22.6 Å². The van der Waals surface area contributed by atoms with Crippen molar-refractivity contribution in [2.75, 3.05) is 0 Å². The van der Waals surface area contributed by atoms with Crippen molar-refractivity contribution in [3.8, 4) is 0 Å². The van der Waals surface area contributed by atoms with Gasteiger partial charge in [-0.2, -0.15) is 0 Å². The summed E-state index contributed by atoms with van der Waals surface area (Å²) in [5, 5.41) is 17.4. The van der Waals surface area contributed by atoms with Gasteiger partial charge in [0.2, 0.25) is 0 Å². The predicted octanol–water partition coefficient (Wildman–Crippen LogP) is 0.110. The molecule has 0 radical (unpaired) electrons. The minimum Gasteiger partial charge on any atom is -0.423 e. The lowest BCUT2D eigenvalue weighted by atomic mass is 9.80. The number of hydrogen-bond donors (Lipinski definition) is 2. The van der Waals surface area contributed by atoms with Gasteiger partial charge in [0, 0.05) is 9.03 Å². The van der Waals surface area contributed by atoms with Crippen molar-refractivity contribution < 1.29 is 14.4 Å². The molecule has 1 aromatic rings. The maximum Gasteiger partial charge on any atom is 0.492 e. The summed E-state index contributed by atoms with van der Waals surface area (Å²) in [5.74, 6) is -0.591. The molecule has 2 nitrogen and oxygen atoms in total. The van der Waals surface area contributed by atoms with E-state index in [0.29, 0.717) is 3.57 Å². The number of hydrogen-bond acceptors (Lipinski definition) is 2. The van der Waals surface area contributed by atoms with Crippen LogP contribution in [0.25, 0.3) is 0 Å². The Morgan fingerprint density at radius 1 is 1.36 bits per heavy atom. The van der Waals surface area contributed by atoms with Gasteiger partial charge < -0.3 is 10.0 Å². The molecule has 58 valence electrons. The quantitative estimate of drug-likeness (QED) is 0.559. The Labute approximate surface area is 77.3 Å². The molecule has 1 aromatic carbocycles. The Kier molecular flexibility index (Phi) is 2.86. The van der Waals surface area contributed by atoms with Gasteiger partial charge in [0.25, 0.3) is 0 Å². The number of halogens is 2. The Hall–Kier alpha value is -0.135. The van der Waals surface area contributed by atoms with Gasteiger partial charge in [-0.25, -0.2) is 4.39 Å². The van der Waals surface area contributed by atoms with Crippen LogP contribution in [0.15, 0.2) is 18.2 Å². The first-order valence-electron chi connectivity index (χ1n) is 2.93. The Bertz CT molecular complexity index is 247. The highest BCUT2D eigenvalue weighted by Gasteiger charge is 2.18. The van der Waals surface area contributed by atoms with Gasteiger partial charge in [-0.15, -0.1) is 0 Å². The summed E-state index contributed by atoms with van der Waals surface area (Å²) in [5.41, 5.74) is -0.0619. The first-order chi connectivity index (χ1) is 5.13. The van der Waals surface area contributed by atoms with Crippen molar-refractivity contribution in [3.63, 3.8) is 0 Å². The van der Waals surface area contributed by atoms with Gasteiger partial charge in [0.15, 0.2) is 0 Å². The van der Waals surface area contributed by atoms with E-state index in [1.807, 2.05) is 22.6 Å². The van der Waals surface area contributed by atoms with Gasteiger partial charge >= 0.3 is 7.12 Å². The first-order valence-corrected chi connectivity index (χ1v) is 4.01. The van der Waals surface area contributed by atoms with Gasteiger partial charge in [-0.1, -0.05) is 6.07 Å². The molecule has 0 aliphatic heterocycles. The lowest BCUT2D eigenvalue weighted by molar-refractivity contribution is 0.422. The van der Waals surface area contributed by atoms with Gasteiger partial charge in [-0.3, -0.25) is 0 Å². The molecular weight excluding hydrogens is 261 g/mol. The SMILES string of the molecule is OB(O)c1c(F)cccc1I. The Balaban J connectivity index is 3.21. The van der Waals surface area contributed by atoms with E-state index in [9.17, 15) is 4.39 Å². The van der Waals surface area contributed by atoms with E-state index < -0.39 is 12.9 Å². The highest BCUT2D eigenvalue weighted by atomic mass is 127. The third-order valence-electron chi connectivity index (χ3n) is 1.26. The van der Waals surface area contributed by atoms with Crippen LogP contribution in [0.1, 0.15) is 0 Å². The molecule has 11 heavy (non-hydrogen) atoms. The molecule has 0 aliphatic carbocycles. The van der Waals surface area contributed by atoms with Crippen LogP contribution in [-0.2, 0) is 0 Å². The zero-order valence-electron chi connectivity index (χ0n) is 5.46. The fraction of sp³-hybridized carbons (Fsp3) is 0. The van der Waals surface area contributed by atoms with Crippen LogP contribution < -0.4 is 5.46 Å². The average Bonchev–Trinajstić information content (AvgIpc) is 1.85. The van der Waals surface area contributed by atoms with Crippen molar-refractivity contribution in [2.24, 2.45) is 0 Å². The summed E-state index contributed by atoms with van der Waals surface area (Å²) in [6.07, 6.45) is 0. The van der Waals surface area contributed by atoms with Crippen LogP contribution in [0.3, 0.4) is 0 Å². The summed E-state index contributed by atoms with van der Waals surface area (Å²) in [6, 6.07) is 4.32. The van der Waals surface area contributed by atoms with E-state index >= 15 is 0 Å². The fourth-order valence-corrected chi connectivity index (χ4v) is 1.50. The monoisotopic (exact) mass is 266 g/mol. The largest absolute Gasteiger partial charge is 0.492 e. The van der Waals surface area contributed by atoms with E-state index in [1.165, 1.54) is 12.1 Å². The van der Waals surface area contributed by atoms with Crippen LogP contribution in [0.4, 0.5) is 4.39 Å². The van der Waals surface area contributed by atoms with Gasteiger partial charge in [0.1, 0.15) is 5.82 Å². The molecule has 2 N–H and O–H groups in total. The van der Waals surface area contributed by atoms with Crippen LogP contribution in [-0.4, -0.2) is 17.2 Å². The number of benzene rings is 1. The lowest BCUT2D eigenvalue weighted by Gasteiger charge is -2.02. The second-order valence-corrected chi connectivity index (χ2v) is 3.17. The smallest absolute Gasteiger partial charge is 0.423 e. The van der Waals surface area contributed by atoms with Crippen LogP contribution in [0.2, 0.25) is 0 Å². The second kappa shape index (κ2) is 3.51. The maximum absolute atomic E-state index is 12.8. The lowest BCUT2D eigenvalue weighted by Crippen LogP contribution is -2.35. The molecule has 0 amide bonds. The molecule has 0 spiro atoms. The van der Waals surface area contributed by atoms with Gasteiger partial charge in [0.05, 0.1) is 0 Å². The third-order valence-corrected chi connectivity index (χ3v) is 2.20. The molecule has 0 atom stereocenters. The van der Waals surface area contributed by atoms with Crippen molar-refractivity contribution in [3.05, 3.63) is 27.6 Å². The van der Waals surface area contributed by atoms with Crippen LogP contribution in [0, 0.1) is 9.39 Å². The summed E-state index contributed by atoms with van der Waals surface area (Å²) >= 11 is 1.84. The Morgan fingerprint density at radius 3 is 2.36 bits per heavy atom. The average molecular weight is 266 g/mol. The molecule has 0 saturated heterocycles. The minimum absolute atomic E-state index is 0.0619. The molecular formula is C6H5BFIO2. The normalized spacial score (nSPS) is 9.82. The molecule has 0 aromatic heterocycles. The summed E-state index contributed by atoms with van der Waals surface area (Å²) in [7, 11) is -1.73. The zero-order chi connectivity index (χ0) is 8.43. The van der Waals surface area contributed by atoms with E-state index in [-0.39, 0.29) is 5.46 Å². The zero-order valence-corrected chi connectivity index (χ0v) is 7.62. The molecule has 1 rings (SSSR count). The highest BCUT2D eigenvalue weighted by Crippen LogP contribution is 2.04. The fourth-order valence-electron chi connectivity index (χ4n) is 0.757. The summed E-state index contributed by atoms with van der Waals surface area (Å²) < 4.78 is 13.3. The van der Waals surface area contributed by atoms with Crippen molar-refractivity contribution in [1.82, 2.24) is 0 Å². The van der Waals surface area contributed by atoms with Gasteiger partial charge in [-0.05, 0) is 34.7 Å². The number of rotatable bonds is 1. The van der Waals surface area contributed by atoms with Crippen molar-refractivity contribution in [2.45, 2.75) is 0 Å². The Morgan fingerprint density at radius 2 is 2.00 bits per heavy atom. The topological polar surface area (TPSA) is 40.5 Å². The molecule has 0 aliphatic rings. The summed E-state index contributed by atoms with van der Waals surface area (Å²) in [6.45, 7) is 0. The molecule has 0 saturated carbocycles. The van der Waals surface area contributed by atoms with Crippen LogP contribution in [0.5, 0.6) is 0 Å². The molecule has 0 unspecified atom stereocenters. The molecule has 5 heteroatoms. The third kappa shape index (κ3) is 1.91. The van der Waals surface area contributed by atoms with Crippen molar-refractivity contribution in [1.29, 1.82) is 0 Å². The second-order valence-electron chi connectivity index (χ2n) is 2.01. The maximum atomic E-state index is 12.8. The molecule has 0 bridgehead atoms. The summed E-state index contributed by atoms with van der Waals surface area (Å²) in [4.78, 5) is 0. The standard InChI is InChI=1S/C6H5BFIO2/c8-4-2-1-3-5(9)6(4)7(10)11/h1-3,10-11H. The van der Waals surface area contributed by atoms with E-state index in [4.69, 9.17) is 10.0 Å². The first kappa shape index (κ1) is 8.96.